The Kier molecular flexibility index (Phi) is 4.99. The lowest BCUT2D eigenvalue weighted by Crippen LogP contribution is -2.29. The average Bonchev–Trinajstić information content (AvgIpc) is 2.43. The van der Waals surface area contributed by atoms with Gasteiger partial charge in [-0.1, -0.05) is 46.6 Å². The molecule has 0 bridgehead atoms. The Morgan fingerprint density at radius 2 is 1.86 bits per heavy atom. The van der Waals surface area contributed by atoms with E-state index in [-0.39, 0.29) is 6.04 Å². The lowest BCUT2D eigenvalue weighted by atomic mass is 9.79. The van der Waals surface area contributed by atoms with Crippen molar-refractivity contribution in [1.82, 2.24) is 5.43 Å². The number of hydrogen-bond acceptors (Lipinski definition) is 2. The number of halogens is 2. The largest absolute Gasteiger partial charge is 0.271 e. The van der Waals surface area contributed by atoms with Crippen LogP contribution in [0.2, 0.25) is 0 Å². The molecule has 1 unspecified atom stereocenters. The van der Waals surface area contributed by atoms with Crippen LogP contribution in [-0.2, 0) is 0 Å². The highest BCUT2D eigenvalue weighted by atomic mass is 127. The minimum atomic E-state index is 0.00420. The predicted octanol–water partition coefficient (Wildman–Crippen LogP) is 4.87. The van der Waals surface area contributed by atoms with E-state index in [0.29, 0.717) is 0 Å². The summed E-state index contributed by atoms with van der Waals surface area (Å²) in [7, 11) is 0. The highest BCUT2D eigenvalue weighted by Gasteiger charge is 2.20. The average molecular weight is 457 g/mol. The van der Waals surface area contributed by atoms with Crippen molar-refractivity contribution in [2.45, 2.75) is 31.2 Å². The van der Waals surface area contributed by atoms with Crippen LogP contribution in [0, 0.1) is 3.57 Å². The minimum Gasteiger partial charge on any atom is -0.271 e. The molecule has 0 spiro atoms. The van der Waals surface area contributed by atoms with E-state index in [0.717, 1.165) is 10.4 Å². The summed E-state index contributed by atoms with van der Waals surface area (Å²) in [5.74, 6) is 6.59. The van der Waals surface area contributed by atoms with E-state index >= 15 is 0 Å². The van der Waals surface area contributed by atoms with Gasteiger partial charge in [0.1, 0.15) is 0 Å². The summed E-state index contributed by atoms with van der Waals surface area (Å²) in [4.78, 5) is 0. The quantitative estimate of drug-likeness (QED) is 0.391. The van der Waals surface area contributed by atoms with Crippen molar-refractivity contribution in [1.29, 1.82) is 0 Å². The normalized spacial score (nSPS) is 16.5. The second kappa shape index (κ2) is 6.77. The smallest absolute Gasteiger partial charge is 0.0721 e. The van der Waals surface area contributed by atoms with E-state index in [1.807, 2.05) is 0 Å². The topological polar surface area (TPSA) is 38.0 Å². The molecule has 3 N–H and O–H groups in total. The molecule has 0 radical (unpaired) electrons. The number of benzene rings is 2. The first-order valence-corrected chi connectivity index (χ1v) is 9.07. The van der Waals surface area contributed by atoms with Crippen LogP contribution >= 0.6 is 38.5 Å². The van der Waals surface area contributed by atoms with E-state index in [2.05, 4.69) is 86.4 Å². The van der Waals surface area contributed by atoms with Gasteiger partial charge in [0.25, 0.3) is 0 Å². The molecule has 0 amide bonds. The van der Waals surface area contributed by atoms with Gasteiger partial charge in [0, 0.05) is 8.04 Å². The first-order chi connectivity index (χ1) is 10.2. The van der Waals surface area contributed by atoms with Crippen molar-refractivity contribution in [2.75, 3.05) is 0 Å². The second-order valence-corrected chi connectivity index (χ2v) is 7.66. The fourth-order valence-electron chi connectivity index (χ4n) is 2.80. The van der Waals surface area contributed by atoms with Crippen molar-refractivity contribution < 1.29 is 0 Å². The molecule has 1 fully saturated rings. The first-order valence-electron chi connectivity index (χ1n) is 7.20. The van der Waals surface area contributed by atoms with Crippen molar-refractivity contribution in [3.8, 4) is 0 Å². The van der Waals surface area contributed by atoms with Gasteiger partial charge in [-0.05, 0) is 76.2 Å². The molecule has 3 rings (SSSR count). The fourth-order valence-corrected chi connectivity index (χ4v) is 3.79. The molecule has 0 aromatic heterocycles. The monoisotopic (exact) mass is 456 g/mol. The maximum Gasteiger partial charge on any atom is 0.0721 e. The maximum absolute atomic E-state index is 5.82. The molecule has 0 heterocycles. The fraction of sp³-hybridized carbons (Fsp3) is 0.294. The molecule has 2 aromatic rings. The molecule has 21 heavy (non-hydrogen) atoms. The molecule has 1 atom stereocenters. The maximum atomic E-state index is 5.82. The number of nitrogens with two attached hydrogens (primary N) is 1. The second-order valence-electron chi connectivity index (χ2n) is 5.56. The van der Waals surface area contributed by atoms with Crippen LogP contribution in [-0.4, -0.2) is 0 Å². The Balaban J connectivity index is 1.90. The van der Waals surface area contributed by atoms with Crippen LogP contribution in [0.3, 0.4) is 0 Å². The van der Waals surface area contributed by atoms with Crippen LogP contribution in [0.5, 0.6) is 0 Å². The Morgan fingerprint density at radius 1 is 1.14 bits per heavy atom. The Labute approximate surface area is 147 Å². The Morgan fingerprint density at radius 3 is 2.43 bits per heavy atom. The molecule has 110 valence electrons. The van der Waals surface area contributed by atoms with Gasteiger partial charge >= 0.3 is 0 Å². The molecule has 1 saturated carbocycles. The van der Waals surface area contributed by atoms with Gasteiger partial charge in [0.05, 0.1) is 6.04 Å². The van der Waals surface area contributed by atoms with Gasteiger partial charge < -0.3 is 0 Å². The summed E-state index contributed by atoms with van der Waals surface area (Å²) in [6.45, 7) is 0. The zero-order valence-electron chi connectivity index (χ0n) is 11.7. The minimum absolute atomic E-state index is 0.00420. The number of rotatable bonds is 4. The van der Waals surface area contributed by atoms with Crippen LogP contribution in [0.1, 0.15) is 47.9 Å². The van der Waals surface area contributed by atoms with Crippen molar-refractivity contribution in [3.63, 3.8) is 0 Å². The molecule has 2 aromatic carbocycles. The third-order valence-corrected chi connectivity index (χ3v) is 5.68. The molecule has 1 aliphatic rings. The molecular weight excluding hydrogens is 439 g/mol. The third-order valence-electron chi connectivity index (χ3n) is 4.28. The van der Waals surface area contributed by atoms with Crippen LogP contribution in [0.4, 0.5) is 0 Å². The molecule has 0 aliphatic heterocycles. The molecule has 0 saturated heterocycles. The summed E-state index contributed by atoms with van der Waals surface area (Å²) in [6.07, 6.45) is 4.04. The molecular formula is C17H18BrIN2. The molecule has 2 nitrogen and oxygen atoms in total. The zero-order valence-corrected chi connectivity index (χ0v) is 15.4. The molecule has 1 aliphatic carbocycles. The summed E-state index contributed by atoms with van der Waals surface area (Å²) < 4.78 is 2.28. The number of hydrazine groups is 1. The third kappa shape index (κ3) is 3.33. The van der Waals surface area contributed by atoms with E-state index in [1.165, 1.54) is 39.5 Å². The zero-order chi connectivity index (χ0) is 14.8. The summed E-state index contributed by atoms with van der Waals surface area (Å²) in [6, 6.07) is 15.2. The van der Waals surface area contributed by atoms with Crippen molar-refractivity contribution in [2.24, 2.45) is 5.84 Å². The summed E-state index contributed by atoms with van der Waals surface area (Å²) in [5, 5.41) is 0. The Bertz CT molecular complexity index is 623. The van der Waals surface area contributed by atoms with E-state index < -0.39 is 0 Å². The van der Waals surface area contributed by atoms with Crippen LogP contribution in [0.15, 0.2) is 46.9 Å². The van der Waals surface area contributed by atoms with Gasteiger partial charge in [-0.25, -0.2) is 5.43 Å². The van der Waals surface area contributed by atoms with Gasteiger partial charge in [0.2, 0.25) is 0 Å². The predicted molar refractivity (Wildman–Crippen MR) is 99.1 cm³/mol. The standard InChI is InChI=1S/C17H18BrIN2/c18-16-9-8-14(19)10-15(16)17(21-20)13-6-4-12(5-7-13)11-2-1-3-11/h4-11,17,21H,1-3,20H2. The van der Waals surface area contributed by atoms with Crippen LogP contribution < -0.4 is 11.3 Å². The van der Waals surface area contributed by atoms with E-state index in [1.54, 1.807) is 0 Å². The summed E-state index contributed by atoms with van der Waals surface area (Å²) >= 11 is 5.96. The van der Waals surface area contributed by atoms with Gasteiger partial charge in [-0.3, -0.25) is 5.84 Å². The lowest BCUT2D eigenvalue weighted by molar-refractivity contribution is 0.419. The SMILES string of the molecule is NNC(c1ccc(C2CCC2)cc1)c1cc(I)ccc1Br. The van der Waals surface area contributed by atoms with Crippen LogP contribution in [0.25, 0.3) is 0 Å². The van der Waals surface area contributed by atoms with E-state index in [9.17, 15) is 0 Å². The van der Waals surface area contributed by atoms with Gasteiger partial charge in [0.15, 0.2) is 0 Å². The number of nitrogens with one attached hydrogen (secondary N) is 1. The Hall–Kier alpha value is -0.430. The highest BCUT2D eigenvalue weighted by molar-refractivity contribution is 14.1. The van der Waals surface area contributed by atoms with Crippen molar-refractivity contribution in [3.05, 3.63) is 67.2 Å². The highest BCUT2D eigenvalue weighted by Crippen LogP contribution is 2.37. The van der Waals surface area contributed by atoms with Gasteiger partial charge in [-0.15, -0.1) is 0 Å². The lowest BCUT2D eigenvalue weighted by Gasteiger charge is -2.26. The molecule has 4 heteroatoms. The van der Waals surface area contributed by atoms with Gasteiger partial charge in [-0.2, -0.15) is 0 Å². The number of hydrogen-bond donors (Lipinski definition) is 2. The van der Waals surface area contributed by atoms with Crippen molar-refractivity contribution >= 4 is 38.5 Å². The van der Waals surface area contributed by atoms with E-state index in [4.69, 9.17) is 5.84 Å². The first kappa shape index (κ1) is 15.5. The summed E-state index contributed by atoms with van der Waals surface area (Å²) in [5.41, 5.74) is 6.77.